The molecular formula is C17H23N3O. The number of ether oxygens (including phenoxy) is 1. The van der Waals surface area contributed by atoms with Crippen LogP contribution < -0.4 is 10.1 Å². The molecule has 1 aliphatic carbocycles. The predicted octanol–water partition coefficient (Wildman–Crippen LogP) is 3.93. The van der Waals surface area contributed by atoms with Crippen molar-refractivity contribution < 1.29 is 4.74 Å². The van der Waals surface area contributed by atoms with Crippen LogP contribution in [-0.2, 0) is 0 Å². The van der Waals surface area contributed by atoms with Gasteiger partial charge in [-0.3, -0.25) is 4.57 Å². The van der Waals surface area contributed by atoms with Gasteiger partial charge in [0.25, 0.3) is 0 Å². The molecule has 1 unspecified atom stereocenters. The number of aryl methyl sites for hydroxylation is 1. The standard InChI is InChI=1S/C17H23N3O/c1-4-13(3)21-16-7-5-6-15(10-16)20-11-12(2)18-17(20)19-14-8-9-14/h5-7,10-11,13-14H,4,8-9H2,1-3H3,(H,18,19). The lowest BCUT2D eigenvalue weighted by molar-refractivity contribution is 0.217. The number of benzene rings is 1. The van der Waals surface area contributed by atoms with Crippen molar-refractivity contribution in [3.05, 3.63) is 36.2 Å². The molecular weight excluding hydrogens is 262 g/mol. The van der Waals surface area contributed by atoms with Gasteiger partial charge in [-0.25, -0.2) is 4.98 Å². The zero-order chi connectivity index (χ0) is 14.8. The van der Waals surface area contributed by atoms with E-state index in [0.717, 1.165) is 29.5 Å². The van der Waals surface area contributed by atoms with Crippen LogP contribution in [0.3, 0.4) is 0 Å². The molecule has 0 amide bonds. The molecule has 112 valence electrons. The first-order valence-electron chi connectivity index (χ1n) is 7.75. The SMILES string of the molecule is CCC(C)Oc1cccc(-n2cc(C)nc2NC2CC2)c1. The van der Waals surface area contributed by atoms with Crippen molar-refractivity contribution in [2.24, 2.45) is 0 Å². The second-order valence-electron chi connectivity index (χ2n) is 5.83. The van der Waals surface area contributed by atoms with Crippen molar-refractivity contribution in [3.8, 4) is 11.4 Å². The van der Waals surface area contributed by atoms with E-state index in [4.69, 9.17) is 4.74 Å². The highest BCUT2D eigenvalue weighted by Crippen LogP contribution is 2.27. The fourth-order valence-electron chi connectivity index (χ4n) is 2.23. The van der Waals surface area contributed by atoms with Gasteiger partial charge < -0.3 is 10.1 Å². The minimum Gasteiger partial charge on any atom is -0.491 e. The topological polar surface area (TPSA) is 39.1 Å². The van der Waals surface area contributed by atoms with Gasteiger partial charge in [0.2, 0.25) is 5.95 Å². The summed E-state index contributed by atoms with van der Waals surface area (Å²) in [6, 6.07) is 8.79. The molecule has 21 heavy (non-hydrogen) atoms. The Balaban J connectivity index is 1.87. The summed E-state index contributed by atoms with van der Waals surface area (Å²) in [4.78, 5) is 4.58. The number of rotatable bonds is 6. The first kappa shape index (κ1) is 14.0. The Morgan fingerprint density at radius 3 is 2.95 bits per heavy atom. The first-order chi connectivity index (χ1) is 10.2. The largest absolute Gasteiger partial charge is 0.491 e. The molecule has 4 nitrogen and oxygen atoms in total. The minimum absolute atomic E-state index is 0.230. The van der Waals surface area contributed by atoms with Crippen molar-refractivity contribution in [1.29, 1.82) is 0 Å². The van der Waals surface area contributed by atoms with Crippen molar-refractivity contribution in [3.63, 3.8) is 0 Å². The normalized spacial score (nSPS) is 15.8. The highest BCUT2D eigenvalue weighted by atomic mass is 16.5. The van der Waals surface area contributed by atoms with Crippen LogP contribution in [-0.4, -0.2) is 21.7 Å². The number of hydrogen-bond acceptors (Lipinski definition) is 3. The third-order valence-electron chi connectivity index (χ3n) is 3.74. The number of hydrogen-bond donors (Lipinski definition) is 1. The molecule has 0 aliphatic heterocycles. The van der Waals surface area contributed by atoms with Gasteiger partial charge in [-0.05, 0) is 45.2 Å². The first-order valence-corrected chi connectivity index (χ1v) is 7.75. The summed E-state index contributed by atoms with van der Waals surface area (Å²) in [5, 5.41) is 3.49. The Morgan fingerprint density at radius 1 is 1.43 bits per heavy atom. The Bertz CT molecular complexity index is 616. The quantitative estimate of drug-likeness (QED) is 0.874. The lowest BCUT2D eigenvalue weighted by atomic mass is 10.2. The van der Waals surface area contributed by atoms with Crippen molar-refractivity contribution in [2.45, 2.75) is 52.2 Å². The molecule has 0 bridgehead atoms. The van der Waals surface area contributed by atoms with E-state index in [1.165, 1.54) is 12.8 Å². The van der Waals surface area contributed by atoms with Gasteiger partial charge in [0.15, 0.2) is 0 Å². The molecule has 1 aromatic carbocycles. The number of anilines is 1. The molecule has 0 radical (unpaired) electrons. The van der Waals surface area contributed by atoms with Crippen molar-refractivity contribution in [1.82, 2.24) is 9.55 Å². The third-order valence-corrected chi connectivity index (χ3v) is 3.74. The molecule has 1 atom stereocenters. The molecule has 1 heterocycles. The second kappa shape index (κ2) is 5.80. The number of nitrogens with zero attached hydrogens (tertiary/aromatic N) is 2. The summed E-state index contributed by atoms with van der Waals surface area (Å²) in [6.45, 7) is 6.24. The zero-order valence-corrected chi connectivity index (χ0v) is 13.0. The van der Waals surface area contributed by atoms with Gasteiger partial charge in [0, 0.05) is 18.3 Å². The van der Waals surface area contributed by atoms with E-state index in [1.807, 2.05) is 19.1 Å². The number of nitrogens with one attached hydrogen (secondary N) is 1. The van der Waals surface area contributed by atoms with Crippen molar-refractivity contribution >= 4 is 5.95 Å². The van der Waals surface area contributed by atoms with E-state index in [0.29, 0.717) is 6.04 Å². The Morgan fingerprint density at radius 2 is 2.24 bits per heavy atom. The zero-order valence-electron chi connectivity index (χ0n) is 13.0. The molecule has 2 aromatic rings. The second-order valence-corrected chi connectivity index (χ2v) is 5.83. The lowest BCUT2D eigenvalue weighted by Gasteiger charge is -2.14. The molecule has 3 rings (SSSR count). The maximum absolute atomic E-state index is 5.91. The van der Waals surface area contributed by atoms with Gasteiger partial charge in [-0.1, -0.05) is 13.0 Å². The predicted molar refractivity (Wildman–Crippen MR) is 85.3 cm³/mol. The highest BCUT2D eigenvalue weighted by Gasteiger charge is 2.23. The average Bonchev–Trinajstić information content (AvgIpc) is 3.20. The van der Waals surface area contributed by atoms with E-state index in [-0.39, 0.29) is 6.10 Å². The van der Waals surface area contributed by atoms with Gasteiger partial charge in [0.05, 0.1) is 17.5 Å². The fraction of sp³-hybridized carbons (Fsp3) is 0.471. The molecule has 1 N–H and O–H groups in total. The summed E-state index contributed by atoms with van der Waals surface area (Å²) in [7, 11) is 0. The fourth-order valence-corrected chi connectivity index (χ4v) is 2.23. The summed E-state index contributed by atoms with van der Waals surface area (Å²) in [5.74, 6) is 1.83. The molecule has 4 heteroatoms. The molecule has 0 saturated heterocycles. The Kier molecular flexibility index (Phi) is 3.86. The maximum Gasteiger partial charge on any atom is 0.207 e. The summed E-state index contributed by atoms with van der Waals surface area (Å²) in [6.07, 6.45) is 5.77. The number of aromatic nitrogens is 2. The van der Waals surface area contributed by atoms with Crippen LogP contribution in [0.1, 0.15) is 38.8 Å². The van der Waals surface area contributed by atoms with Crippen LogP contribution in [0.5, 0.6) is 5.75 Å². The molecule has 1 saturated carbocycles. The number of imidazole rings is 1. The van der Waals surface area contributed by atoms with Gasteiger partial charge >= 0.3 is 0 Å². The van der Waals surface area contributed by atoms with Crippen LogP contribution in [0.2, 0.25) is 0 Å². The smallest absolute Gasteiger partial charge is 0.207 e. The van der Waals surface area contributed by atoms with Crippen LogP contribution in [0.25, 0.3) is 5.69 Å². The monoisotopic (exact) mass is 285 g/mol. The molecule has 1 aliphatic rings. The van der Waals surface area contributed by atoms with Gasteiger partial charge in [-0.2, -0.15) is 0 Å². The van der Waals surface area contributed by atoms with E-state index in [9.17, 15) is 0 Å². The van der Waals surface area contributed by atoms with E-state index in [1.54, 1.807) is 0 Å². The maximum atomic E-state index is 5.91. The molecule has 1 aromatic heterocycles. The van der Waals surface area contributed by atoms with E-state index < -0.39 is 0 Å². The molecule has 0 spiro atoms. The Hall–Kier alpha value is -1.97. The Labute approximate surface area is 126 Å². The lowest BCUT2D eigenvalue weighted by Crippen LogP contribution is -2.10. The third kappa shape index (κ3) is 3.38. The summed E-state index contributed by atoms with van der Waals surface area (Å²) < 4.78 is 8.02. The van der Waals surface area contributed by atoms with Gasteiger partial charge in [-0.15, -0.1) is 0 Å². The van der Waals surface area contributed by atoms with Crippen molar-refractivity contribution in [2.75, 3.05) is 5.32 Å². The van der Waals surface area contributed by atoms with Crippen LogP contribution >= 0.6 is 0 Å². The van der Waals surface area contributed by atoms with Gasteiger partial charge in [0.1, 0.15) is 5.75 Å². The van der Waals surface area contributed by atoms with Crippen LogP contribution in [0, 0.1) is 6.92 Å². The van der Waals surface area contributed by atoms with Crippen LogP contribution in [0.15, 0.2) is 30.5 Å². The van der Waals surface area contributed by atoms with Crippen LogP contribution in [0.4, 0.5) is 5.95 Å². The summed E-state index contributed by atoms with van der Waals surface area (Å²) in [5.41, 5.74) is 2.10. The average molecular weight is 285 g/mol. The highest BCUT2D eigenvalue weighted by molar-refractivity contribution is 5.47. The van der Waals surface area contributed by atoms with E-state index >= 15 is 0 Å². The van der Waals surface area contributed by atoms with E-state index in [2.05, 4.69) is 47.0 Å². The summed E-state index contributed by atoms with van der Waals surface area (Å²) >= 11 is 0. The molecule has 1 fully saturated rings. The minimum atomic E-state index is 0.230.